The molecule has 0 aliphatic carbocycles. The van der Waals surface area contributed by atoms with Crippen molar-refractivity contribution < 1.29 is 13.6 Å². The van der Waals surface area contributed by atoms with Crippen molar-refractivity contribution in [2.45, 2.75) is 13.1 Å². The summed E-state index contributed by atoms with van der Waals surface area (Å²) < 4.78 is 27.2. The number of fused-ring (bicyclic) bond motifs is 1. The Morgan fingerprint density at radius 1 is 1.00 bits per heavy atom. The number of carbonyl (C=O) groups is 1. The highest BCUT2D eigenvalue weighted by Gasteiger charge is 2.32. The van der Waals surface area contributed by atoms with Gasteiger partial charge in [-0.05, 0) is 17.7 Å². The average Bonchev–Trinajstić information content (AvgIpc) is 2.74. The minimum atomic E-state index is -0.656. The topological polar surface area (TPSA) is 20.3 Å². The van der Waals surface area contributed by atoms with Gasteiger partial charge in [-0.15, -0.1) is 0 Å². The number of hydrogen-bond donors (Lipinski definition) is 0. The number of benzene rings is 2. The first-order valence-corrected chi connectivity index (χ1v) is 5.97. The van der Waals surface area contributed by atoms with Gasteiger partial charge in [0.05, 0.1) is 12.1 Å². The van der Waals surface area contributed by atoms with Crippen molar-refractivity contribution in [2.24, 2.45) is 0 Å². The van der Waals surface area contributed by atoms with E-state index < -0.39 is 17.5 Å². The van der Waals surface area contributed by atoms with Gasteiger partial charge in [0.1, 0.15) is 11.6 Å². The van der Waals surface area contributed by atoms with E-state index in [4.69, 9.17) is 0 Å². The van der Waals surface area contributed by atoms with Crippen molar-refractivity contribution in [1.29, 1.82) is 0 Å². The summed E-state index contributed by atoms with van der Waals surface area (Å²) in [6.45, 7) is 0.472. The maximum Gasteiger partial charge on any atom is 0.257 e. The maximum absolute atomic E-state index is 13.6. The predicted octanol–water partition coefficient (Wildman–Crippen LogP) is 3.12. The maximum atomic E-state index is 13.6. The third kappa shape index (κ3) is 1.99. The van der Waals surface area contributed by atoms with Gasteiger partial charge in [-0.3, -0.25) is 4.79 Å². The molecule has 2 nitrogen and oxygen atoms in total. The molecular weight excluding hydrogens is 248 g/mol. The van der Waals surface area contributed by atoms with Crippen LogP contribution in [-0.4, -0.2) is 10.8 Å². The Labute approximate surface area is 109 Å². The van der Waals surface area contributed by atoms with Crippen LogP contribution in [-0.2, 0) is 13.1 Å². The SMILES string of the molecule is O=C1c2c(F)ccc(F)c2CN1Cc1ccccc1. The second-order valence-corrected chi connectivity index (χ2v) is 4.53. The molecule has 19 heavy (non-hydrogen) atoms. The second kappa shape index (κ2) is 4.46. The van der Waals surface area contributed by atoms with Gasteiger partial charge in [-0.1, -0.05) is 30.3 Å². The molecule has 96 valence electrons. The summed E-state index contributed by atoms with van der Waals surface area (Å²) in [6, 6.07) is 11.4. The smallest absolute Gasteiger partial charge is 0.257 e. The highest BCUT2D eigenvalue weighted by Crippen LogP contribution is 2.28. The standard InChI is InChI=1S/C15H11F2NO/c16-12-6-7-13(17)14-11(12)9-18(15(14)19)8-10-4-2-1-3-5-10/h1-7H,8-9H2. The third-order valence-electron chi connectivity index (χ3n) is 3.27. The van der Waals surface area contributed by atoms with E-state index >= 15 is 0 Å². The number of nitrogens with zero attached hydrogens (tertiary/aromatic N) is 1. The Morgan fingerprint density at radius 2 is 1.68 bits per heavy atom. The van der Waals surface area contributed by atoms with Crippen LogP contribution in [0.25, 0.3) is 0 Å². The van der Waals surface area contributed by atoms with Gasteiger partial charge in [0.15, 0.2) is 0 Å². The van der Waals surface area contributed by atoms with Crippen molar-refractivity contribution in [2.75, 3.05) is 0 Å². The average molecular weight is 259 g/mol. The molecule has 0 N–H and O–H groups in total. The zero-order valence-electron chi connectivity index (χ0n) is 10.1. The van der Waals surface area contributed by atoms with E-state index in [1.54, 1.807) is 0 Å². The summed E-state index contributed by atoms with van der Waals surface area (Å²) in [7, 11) is 0. The molecule has 4 heteroatoms. The normalized spacial score (nSPS) is 13.8. The minimum Gasteiger partial charge on any atom is -0.330 e. The van der Waals surface area contributed by atoms with Crippen LogP contribution in [0.15, 0.2) is 42.5 Å². The molecule has 0 bridgehead atoms. The van der Waals surface area contributed by atoms with Gasteiger partial charge in [-0.25, -0.2) is 8.78 Å². The number of amides is 1. The van der Waals surface area contributed by atoms with Crippen LogP contribution in [0.5, 0.6) is 0 Å². The number of rotatable bonds is 2. The molecule has 0 radical (unpaired) electrons. The van der Waals surface area contributed by atoms with Crippen LogP contribution in [0.2, 0.25) is 0 Å². The molecule has 2 aromatic rings. The Kier molecular flexibility index (Phi) is 2.78. The van der Waals surface area contributed by atoms with Gasteiger partial charge in [-0.2, -0.15) is 0 Å². The summed E-state index contributed by atoms with van der Waals surface area (Å²) in [5.41, 5.74) is 0.960. The second-order valence-electron chi connectivity index (χ2n) is 4.53. The highest BCUT2D eigenvalue weighted by atomic mass is 19.1. The van der Waals surface area contributed by atoms with E-state index in [2.05, 4.69) is 0 Å². The van der Waals surface area contributed by atoms with Crippen LogP contribution < -0.4 is 0 Å². The Balaban J connectivity index is 1.92. The molecule has 0 spiro atoms. The van der Waals surface area contributed by atoms with Gasteiger partial charge >= 0.3 is 0 Å². The molecule has 1 amide bonds. The lowest BCUT2D eigenvalue weighted by Gasteiger charge is -2.15. The first-order chi connectivity index (χ1) is 9.16. The molecule has 1 heterocycles. The fourth-order valence-corrected chi connectivity index (χ4v) is 2.33. The highest BCUT2D eigenvalue weighted by molar-refractivity contribution is 5.98. The van der Waals surface area contributed by atoms with Crippen LogP contribution in [0, 0.1) is 11.6 Å². The Bertz CT molecular complexity index is 640. The Morgan fingerprint density at radius 3 is 2.37 bits per heavy atom. The molecule has 0 fully saturated rings. The molecule has 3 rings (SSSR count). The fourth-order valence-electron chi connectivity index (χ4n) is 2.33. The van der Waals surface area contributed by atoms with E-state index in [-0.39, 0.29) is 17.7 Å². The van der Waals surface area contributed by atoms with Crippen molar-refractivity contribution in [3.63, 3.8) is 0 Å². The molecule has 1 aliphatic rings. The monoisotopic (exact) mass is 259 g/mol. The number of halogens is 2. The third-order valence-corrected chi connectivity index (χ3v) is 3.27. The van der Waals surface area contributed by atoms with Crippen molar-refractivity contribution in [3.05, 3.63) is 70.8 Å². The van der Waals surface area contributed by atoms with Gasteiger partial charge in [0, 0.05) is 12.1 Å². The fraction of sp³-hybridized carbons (Fsp3) is 0.133. The molecule has 0 saturated heterocycles. The van der Waals surface area contributed by atoms with E-state index in [0.29, 0.717) is 6.54 Å². The molecule has 0 saturated carbocycles. The summed E-state index contributed by atoms with van der Waals surface area (Å²) in [5, 5.41) is 0. The number of hydrogen-bond acceptors (Lipinski definition) is 1. The van der Waals surface area contributed by atoms with E-state index in [1.807, 2.05) is 30.3 Å². The number of carbonyl (C=O) groups excluding carboxylic acids is 1. The zero-order valence-corrected chi connectivity index (χ0v) is 10.1. The first-order valence-electron chi connectivity index (χ1n) is 5.97. The molecular formula is C15H11F2NO. The van der Waals surface area contributed by atoms with Gasteiger partial charge in [0.2, 0.25) is 0 Å². The first kappa shape index (κ1) is 11.8. The zero-order chi connectivity index (χ0) is 13.4. The van der Waals surface area contributed by atoms with Crippen LogP contribution in [0.4, 0.5) is 8.78 Å². The summed E-state index contributed by atoms with van der Waals surface area (Å²) >= 11 is 0. The van der Waals surface area contributed by atoms with Gasteiger partial charge in [0.25, 0.3) is 5.91 Å². The van der Waals surface area contributed by atoms with Crippen LogP contribution in [0.3, 0.4) is 0 Å². The summed E-state index contributed by atoms with van der Waals surface area (Å²) in [5.74, 6) is -1.63. The molecule has 2 aromatic carbocycles. The predicted molar refractivity (Wildman–Crippen MR) is 66.4 cm³/mol. The van der Waals surface area contributed by atoms with Gasteiger partial charge < -0.3 is 4.90 Å². The van der Waals surface area contributed by atoms with Crippen molar-refractivity contribution in [3.8, 4) is 0 Å². The lowest BCUT2D eigenvalue weighted by atomic mass is 10.1. The lowest BCUT2D eigenvalue weighted by molar-refractivity contribution is 0.0763. The molecule has 0 unspecified atom stereocenters. The Hall–Kier alpha value is -2.23. The van der Waals surface area contributed by atoms with E-state index in [9.17, 15) is 13.6 Å². The van der Waals surface area contributed by atoms with Crippen LogP contribution >= 0.6 is 0 Å². The molecule has 1 aliphatic heterocycles. The molecule has 0 atom stereocenters. The molecule has 0 aromatic heterocycles. The van der Waals surface area contributed by atoms with Crippen LogP contribution in [0.1, 0.15) is 21.5 Å². The van der Waals surface area contributed by atoms with E-state index in [0.717, 1.165) is 17.7 Å². The quantitative estimate of drug-likeness (QED) is 0.811. The summed E-state index contributed by atoms with van der Waals surface area (Å²) in [6.07, 6.45) is 0. The summed E-state index contributed by atoms with van der Waals surface area (Å²) in [4.78, 5) is 13.5. The lowest BCUT2D eigenvalue weighted by Crippen LogP contribution is -2.23. The van der Waals surface area contributed by atoms with E-state index in [1.165, 1.54) is 4.90 Å². The largest absolute Gasteiger partial charge is 0.330 e. The minimum absolute atomic E-state index is 0.118. The van der Waals surface area contributed by atoms with Crippen molar-refractivity contribution in [1.82, 2.24) is 4.90 Å². The van der Waals surface area contributed by atoms with Crippen molar-refractivity contribution >= 4 is 5.91 Å².